The lowest BCUT2D eigenvalue weighted by Gasteiger charge is -2.28. The normalized spacial score (nSPS) is 16.3. The molecule has 0 fully saturated rings. The van der Waals surface area contributed by atoms with Gasteiger partial charge in [-0.2, -0.15) is 0 Å². The molecule has 2 aliphatic rings. The van der Waals surface area contributed by atoms with Crippen LogP contribution in [0.3, 0.4) is 0 Å². The van der Waals surface area contributed by atoms with Gasteiger partial charge in [-0.25, -0.2) is 0 Å². The number of hydrogen-bond acceptors (Lipinski definition) is 2. The third-order valence-electron chi connectivity index (χ3n) is 14.1. The maximum atomic E-state index is 6.86. The zero-order valence-corrected chi connectivity index (χ0v) is 35.9. The predicted octanol–water partition coefficient (Wildman–Crippen LogP) is 16.1. The highest BCUT2D eigenvalue weighted by Gasteiger charge is 2.34. The summed E-state index contributed by atoms with van der Waals surface area (Å²) in [5, 5.41) is 7.08. The standard InChI is InChI=1S/C62H44N2O/c1-39-47(45-22-15-21-42(34-45)40-16-3-2-4-17-40)32-33-56(63-62(39)52-31-30-41-18-7-8-23-48(41)49-24-9-10-25-50(49)52)55-37-46(38-60-61(55)53-27-12-14-29-59(53)65-60)64-57-28-13-11-26-51(57)54-35-43-19-5-6-20-44(43)36-58(54)64/h2-29,32,34-38,52,62H,1,30-31,33H2. The zero-order chi connectivity index (χ0) is 43.0. The first-order valence-electron chi connectivity index (χ1n) is 22.8. The Morgan fingerprint density at radius 1 is 0.523 bits per heavy atom. The Labute approximate surface area is 377 Å². The molecule has 0 N–H and O–H groups in total. The smallest absolute Gasteiger partial charge is 0.138 e. The van der Waals surface area contributed by atoms with Crippen LogP contribution in [0.2, 0.25) is 0 Å². The second kappa shape index (κ2) is 15.1. The average Bonchev–Trinajstić information content (AvgIpc) is 3.77. The van der Waals surface area contributed by atoms with Crippen molar-refractivity contribution < 1.29 is 4.42 Å². The van der Waals surface area contributed by atoms with E-state index in [4.69, 9.17) is 16.0 Å². The number of allylic oxidation sites excluding steroid dienone is 1. The number of aryl methyl sites for hydroxylation is 1. The monoisotopic (exact) mass is 832 g/mol. The topological polar surface area (TPSA) is 30.4 Å². The van der Waals surface area contributed by atoms with Gasteiger partial charge in [-0.15, -0.1) is 0 Å². The summed E-state index contributed by atoms with van der Waals surface area (Å²) in [4.78, 5) is 6.05. The van der Waals surface area contributed by atoms with E-state index in [2.05, 4.69) is 211 Å². The van der Waals surface area contributed by atoms with Crippen LogP contribution >= 0.6 is 0 Å². The van der Waals surface area contributed by atoms with Crippen molar-refractivity contribution in [2.24, 2.45) is 4.99 Å². The van der Waals surface area contributed by atoms with Crippen LogP contribution in [-0.4, -0.2) is 16.3 Å². The van der Waals surface area contributed by atoms with Crippen molar-refractivity contribution in [3.8, 4) is 27.9 Å². The van der Waals surface area contributed by atoms with Crippen LogP contribution in [0.1, 0.15) is 41.0 Å². The molecule has 0 saturated carbocycles. The number of aromatic nitrogens is 1. The molecule has 1 aliphatic carbocycles. The van der Waals surface area contributed by atoms with Crippen molar-refractivity contribution in [1.82, 2.24) is 4.57 Å². The Balaban J connectivity index is 1.06. The highest BCUT2D eigenvalue weighted by Crippen LogP contribution is 2.46. The van der Waals surface area contributed by atoms with E-state index in [-0.39, 0.29) is 12.0 Å². The lowest BCUT2D eigenvalue weighted by atomic mass is 9.80. The molecule has 2 aromatic heterocycles. The van der Waals surface area contributed by atoms with E-state index < -0.39 is 0 Å². The van der Waals surface area contributed by atoms with E-state index >= 15 is 0 Å². The molecule has 65 heavy (non-hydrogen) atoms. The summed E-state index contributed by atoms with van der Waals surface area (Å²) >= 11 is 0. The Morgan fingerprint density at radius 2 is 1.23 bits per heavy atom. The molecule has 13 rings (SSSR count). The van der Waals surface area contributed by atoms with Crippen molar-refractivity contribution in [2.45, 2.75) is 31.2 Å². The van der Waals surface area contributed by atoms with Crippen molar-refractivity contribution in [1.29, 1.82) is 0 Å². The molecule has 0 saturated heterocycles. The van der Waals surface area contributed by atoms with Gasteiger partial charge in [0.15, 0.2) is 0 Å². The van der Waals surface area contributed by atoms with Gasteiger partial charge in [0.2, 0.25) is 0 Å². The fourth-order valence-electron chi connectivity index (χ4n) is 11.1. The summed E-state index contributed by atoms with van der Waals surface area (Å²) in [6, 6.07) is 72.6. The first-order chi connectivity index (χ1) is 32.1. The van der Waals surface area contributed by atoms with Crippen LogP contribution in [0.4, 0.5) is 0 Å². The Kier molecular flexibility index (Phi) is 8.70. The third-order valence-corrected chi connectivity index (χ3v) is 14.1. The molecule has 0 bridgehead atoms. The van der Waals surface area contributed by atoms with Gasteiger partial charge in [-0.1, -0.05) is 170 Å². The quantitative estimate of drug-likeness (QED) is 0.170. The van der Waals surface area contributed by atoms with Crippen LogP contribution in [0.5, 0.6) is 0 Å². The minimum absolute atomic E-state index is 0.0882. The molecule has 9 aromatic carbocycles. The Bertz CT molecular complexity index is 3780. The van der Waals surface area contributed by atoms with Gasteiger partial charge in [0.25, 0.3) is 0 Å². The van der Waals surface area contributed by atoms with Crippen molar-refractivity contribution in [3.63, 3.8) is 0 Å². The number of rotatable bonds is 5. The van der Waals surface area contributed by atoms with E-state index in [0.717, 1.165) is 79.5 Å². The molecule has 11 aromatic rings. The van der Waals surface area contributed by atoms with Crippen molar-refractivity contribution in [2.75, 3.05) is 0 Å². The zero-order valence-electron chi connectivity index (χ0n) is 35.9. The van der Waals surface area contributed by atoms with Gasteiger partial charge in [0.05, 0.1) is 22.8 Å². The molecule has 0 radical (unpaired) electrons. The first-order valence-corrected chi connectivity index (χ1v) is 22.8. The third kappa shape index (κ3) is 6.14. The number of benzene rings is 9. The highest BCUT2D eigenvalue weighted by molar-refractivity contribution is 6.21. The largest absolute Gasteiger partial charge is 0.456 e. The Morgan fingerprint density at radius 3 is 2.12 bits per heavy atom. The lowest BCUT2D eigenvalue weighted by Crippen LogP contribution is -2.21. The van der Waals surface area contributed by atoms with Gasteiger partial charge in [0, 0.05) is 51.2 Å². The number of fused-ring (bicyclic) bond motifs is 10. The molecule has 3 nitrogen and oxygen atoms in total. The fourth-order valence-corrected chi connectivity index (χ4v) is 11.1. The van der Waals surface area contributed by atoms with Crippen molar-refractivity contribution >= 4 is 65.8 Å². The van der Waals surface area contributed by atoms with Gasteiger partial charge >= 0.3 is 0 Å². The van der Waals surface area contributed by atoms with Crippen LogP contribution in [-0.2, 0) is 6.42 Å². The van der Waals surface area contributed by atoms with E-state index in [0.29, 0.717) is 6.42 Å². The number of furan rings is 1. The van der Waals surface area contributed by atoms with E-state index in [9.17, 15) is 0 Å². The van der Waals surface area contributed by atoms with Crippen LogP contribution in [0.15, 0.2) is 228 Å². The van der Waals surface area contributed by atoms with Crippen LogP contribution < -0.4 is 0 Å². The molecule has 2 unspecified atom stereocenters. The summed E-state index contributed by atoms with van der Waals surface area (Å²) < 4.78 is 9.28. The van der Waals surface area contributed by atoms with E-state index in [1.165, 1.54) is 54.9 Å². The van der Waals surface area contributed by atoms with Gasteiger partial charge in [-0.3, -0.25) is 4.99 Å². The SMILES string of the molecule is C=C1C(c2cccc(-c3ccccc3)c2)=CCC(c2cc(-n3c4ccccc4c4cc5ccccc5cc43)cc3oc4ccccc4c23)=NC1C1CCc2ccccc2-c2ccccc21. The minimum atomic E-state index is -0.230. The number of hydrogen-bond donors (Lipinski definition) is 0. The fraction of sp³-hybridized carbons (Fsp3) is 0.0806. The molecule has 3 heteroatoms. The van der Waals surface area contributed by atoms with Crippen molar-refractivity contribution in [3.05, 3.63) is 241 Å². The average molecular weight is 833 g/mol. The maximum Gasteiger partial charge on any atom is 0.138 e. The van der Waals surface area contributed by atoms with E-state index in [1.807, 2.05) is 0 Å². The molecule has 308 valence electrons. The molecular formula is C62H44N2O. The lowest BCUT2D eigenvalue weighted by molar-refractivity contribution is 0.563. The maximum absolute atomic E-state index is 6.86. The summed E-state index contributed by atoms with van der Waals surface area (Å²) in [7, 11) is 0. The molecule has 0 spiro atoms. The number of para-hydroxylation sites is 2. The number of aliphatic imine (C=N–C) groups is 1. The van der Waals surface area contributed by atoms with Crippen LogP contribution in [0, 0.1) is 0 Å². The number of nitrogens with zero attached hydrogens (tertiary/aromatic N) is 2. The summed E-state index contributed by atoms with van der Waals surface area (Å²) in [5.74, 6) is 0.0882. The summed E-state index contributed by atoms with van der Waals surface area (Å²) in [5.41, 5.74) is 18.3. The van der Waals surface area contributed by atoms with Gasteiger partial charge < -0.3 is 8.98 Å². The molecule has 0 amide bonds. The Hall–Kier alpha value is -8.01. The highest BCUT2D eigenvalue weighted by atomic mass is 16.3. The second-order valence-corrected chi connectivity index (χ2v) is 17.7. The van der Waals surface area contributed by atoms with Gasteiger partial charge in [0.1, 0.15) is 11.2 Å². The van der Waals surface area contributed by atoms with E-state index in [1.54, 1.807) is 0 Å². The molecule has 3 heterocycles. The first kappa shape index (κ1) is 37.5. The minimum Gasteiger partial charge on any atom is -0.456 e. The molecule has 1 aliphatic heterocycles. The molecule has 2 atom stereocenters. The van der Waals surface area contributed by atoms with Gasteiger partial charge in [-0.05, 0) is 110 Å². The predicted molar refractivity (Wildman–Crippen MR) is 272 cm³/mol. The second-order valence-electron chi connectivity index (χ2n) is 17.7. The van der Waals surface area contributed by atoms with Crippen LogP contribution in [0.25, 0.3) is 88.0 Å². The molecular weight excluding hydrogens is 789 g/mol. The summed E-state index contributed by atoms with van der Waals surface area (Å²) in [6.07, 6.45) is 4.94. The summed E-state index contributed by atoms with van der Waals surface area (Å²) in [6.45, 7) is 5.03.